The number of carbonyl (C=O) groups excluding carboxylic acids is 1. The first-order chi connectivity index (χ1) is 7.12. The van der Waals surface area contributed by atoms with Crippen molar-refractivity contribution in [1.29, 1.82) is 0 Å². The van der Waals surface area contributed by atoms with Gasteiger partial charge in [-0.15, -0.1) is 0 Å². The second-order valence-electron chi connectivity index (χ2n) is 3.77. The van der Waals surface area contributed by atoms with Crippen LogP contribution in [0, 0.1) is 5.92 Å². The summed E-state index contributed by atoms with van der Waals surface area (Å²) < 4.78 is 5.06. The molecule has 0 saturated carbocycles. The van der Waals surface area contributed by atoms with Crippen LogP contribution in [0.15, 0.2) is 0 Å². The normalized spacial score (nSPS) is 14.7. The number of rotatable bonds is 7. The quantitative estimate of drug-likeness (QED) is 0.686. The van der Waals surface area contributed by atoms with Crippen molar-refractivity contribution in [2.24, 2.45) is 11.7 Å². The third kappa shape index (κ3) is 4.18. The Morgan fingerprint density at radius 2 is 2.07 bits per heavy atom. The lowest BCUT2D eigenvalue weighted by atomic mass is 10.0. The lowest BCUT2D eigenvalue weighted by Crippen LogP contribution is -2.45. The molecule has 0 heterocycles. The number of hydrogen-bond donors (Lipinski definition) is 1. The molecule has 0 aliphatic rings. The number of carbonyl (C=O) groups is 1. The third-order valence-electron chi connectivity index (χ3n) is 2.69. The molecular formula is C11H24N2O2. The van der Waals surface area contributed by atoms with Gasteiger partial charge in [0.05, 0.1) is 18.6 Å². The molecule has 1 amide bonds. The molecule has 0 aliphatic carbocycles. The molecule has 0 rings (SSSR count). The molecule has 0 aromatic heterocycles. The van der Waals surface area contributed by atoms with Crippen molar-refractivity contribution >= 4 is 5.91 Å². The highest BCUT2D eigenvalue weighted by Crippen LogP contribution is 2.09. The minimum atomic E-state index is -0.0516. The van der Waals surface area contributed by atoms with Gasteiger partial charge in [-0.25, -0.2) is 0 Å². The van der Waals surface area contributed by atoms with Crippen LogP contribution in [-0.2, 0) is 9.53 Å². The predicted molar refractivity (Wildman–Crippen MR) is 61.6 cm³/mol. The van der Waals surface area contributed by atoms with E-state index < -0.39 is 0 Å². The fourth-order valence-corrected chi connectivity index (χ4v) is 1.69. The summed E-state index contributed by atoms with van der Waals surface area (Å²) in [4.78, 5) is 13.9. The molecule has 2 unspecified atom stereocenters. The summed E-state index contributed by atoms with van der Waals surface area (Å²) in [5.74, 6) is 0.0938. The topological polar surface area (TPSA) is 55.6 Å². The van der Waals surface area contributed by atoms with Gasteiger partial charge in [0, 0.05) is 20.2 Å². The molecule has 0 aromatic carbocycles. The van der Waals surface area contributed by atoms with Crippen molar-refractivity contribution in [2.45, 2.75) is 33.2 Å². The van der Waals surface area contributed by atoms with Gasteiger partial charge in [0.1, 0.15) is 0 Å². The van der Waals surface area contributed by atoms with E-state index in [-0.39, 0.29) is 17.9 Å². The van der Waals surface area contributed by atoms with Gasteiger partial charge >= 0.3 is 0 Å². The Bertz CT molecular complexity index is 181. The summed E-state index contributed by atoms with van der Waals surface area (Å²) >= 11 is 0. The first-order valence-electron chi connectivity index (χ1n) is 5.61. The van der Waals surface area contributed by atoms with Gasteiger partial charge in [0.25, 0.3) is 0 Å². The molecule has 4 heteroatoms. The van der Waals surface area contributed by atoms with Crippen molar-refractivity contribution in [3.8, 4) is 0 Å². The number of ether oxygens (including phenoxy) is 1. The Morgan fingerprint density at radius 1 is 1.47 bits per heavy atom. The molecule has 0 radical (unpaired) electrons. The van der Waals surface area contributed by atoms with E-state index in [0.29, 0.717) is 19.7 Å². The van der Waals surface area contributed by atoms with Crippen molar-refractivity contribution in [1.82, 2.24) is 4.90 Å². The van der Waals surface area contributed by atoms with Crippen LogP contribution in [0.4, 0.5) is 0 Å². The molecule has 0 bridgehead atoms. The fourth-order valence-electron chi connectivity index (χ4n) is 1.69. The van der Waals surface area contributed by atoms with Crippen molar-refractivity contribution in [2.75, 3.05) is 26.8 Å². The Morgan fingerprint density at radius 3 is 2.40 bits per heavy atom. The van der Waals surface area contributed by atoms with Crippen LogP contribution in [0.2, 0.25) is 0 Å². The largest absolute Gasteiger partial charge is 0.383 e. The summed E-state index contributed by atoms with van der Waals surface area (Å²) in [7, 11) is 1.65. The predicted octanol–water partition coefficient (Wildman–Crippen LogP) is 0.855. The molecule has 4 nitrogen and oxygen atoms in total. The van der Waals surface area contributed by atoms with Crippen LogP contribution in [-0.4, -0.2) is 43.7 Å². The van der Waals surface area contributed by atoms with E-state index in [4.69, 9.17) is 10.5 Å². The van der Waals surface area contributed by atoms with Gasteiger partial charge in [-0.3, -0.25) is 4.79 Å². The maximum Gasteiger partial charge on any atom is 0.227 e. The second-order valence-corrected chi connectivity index (χ2v) is 3.77. The average Bonchev–Trinajstić information content (AvgIpc) is 2.21. The SMILES string of the molecule is CCC(CN)C(=O)N(CC)C(C)COC. The van der Waals surface area contributed by atoms with Crippen LogP contribution < -0.4 is 5.73 Å². The van der Waals surface area contributed by atoms with E-state index >= 15 is 0 Å². The number of likely N-dealkylation sites (N-methyl/N-ethyl adjacent to an activating group) is 1. The van der Waals surface area contributed by atoms with Crippen LogP contribution in [0.3, 0.4) is 0 Å². The Hall–Kier alpha value is -0.610. The van der Waals surface area contributed by atoms with Gasteiger partial charge in [0.15, 0.2) is 0 Å². The minimum absolute atomic E-state index is 0.0516. The van der Waals surface area contributed by atoms with Gasteiger partial charge in [0.2, 0.25) is 5.91 Å². The van der Waals surface area contributed by atoms with Crippen LogP contribution >= 0.6 is 0 Å². The third-order valence-corrected chi connectivity index (χ3v) is 2.69. The maximum atomic E-state index is 12.0. The summed E-state index contributed by atoms with van der Waals surface area (Å²) in [6.45, 7) is 7.66. The zero-order chi connectivity index (χ0) is 11.8. The van der Waals surface area contributed by atoms with Crippen molar-refractivity contribution in [3.63, 3.8) is 0 Å². The van der Waals surface area contributed by atoms with E-state index in [1.807, 2.05) is 25.7 Å². The Labute approximate surface area is 92.8 Å². The second kappa shape index (κ2) is 7.65. The number of methoxy groups -OCH3 is 1. The molecule has 0 aromatic rings. The van der Waals surface area contributed by atoms with Crippen molar-refractivity contribution in [3.05, 3.63) is 0 Å². The Balaban J connectivity index is 4.44. The van der Waals surface area contributed by atoms with Gasteiger partial charge < -0.3 is 15.4 Å². The molecule has 2 N–H and O–H groups in total. The standard InChI is InChI=1S/C11H24N2O2/c1-5-10(7-12)11(14)13(6-2)9(3)8-15-4/h9-10H,5-8,12H2,1-4H3. The number of nitrogens with zero attached hydrogens (tertiary/aromatic N) is 1. The molecule has 15 heavy (non-hydrogen) atoms. The summed E-state index contributed by atoms with van der Waals surface area (Å²) in [6, 6.07) is 0.119. The summed E-state index contributed by atoms with van der Waals surface area (Å²) in [6.07, 6.45) is 0.797. The number of hydrogen-bond acceptors (Lipinski definition) is 3. The smallest absolute Gasteiger partial charge is 0.227 e. The van der Waals surface area contributed by atoms with E-state index in [9.17, 15) is 4.79 Å². The molecule has 0 spiro atoms. The van der Waals surface area contributed by atoms with E-state index in [1.165, 1.54) is 0 Å². The molecule has 0 aliphatic heterocycles. The van der Waals surface area contributed by atoms with Crippen LogP contribution in [0.25, 0.3) is 0 Å². The van der Waals surface area contributed by atoms with E-state index in [0.717, 1.165) is 6.42 Å². The van der Waals surface area contributed by atoms with E-state index in [1.54, 1.807) is 7.11 Å². The zero-order valence-electron chi connectivity index (χ0n) is 10.3. The maximum absolute atomic E-state index is 12.0. The average molecular weight is 216 g/mol. The molecule has 2 atom stereocenters. The molecule has 0 saturated heterocycles. The van der Waals surface area contributed by atoms with E-state index in [2.05, 4.69) is 0 Å². The highest BCUT2D eigenvalue weighted by Gasteiger charge is 2.24. The molecule has 0 fully saturated rings. The highest BCUT2D eigenvalue weighted by molar-refractivity contribution is 5.79. The summed E-state index contributed by atoms with van der Waals surface area (Å²) in [5, 5.41) is 0. The molecule has 90 valence electrons. The minimum Gasteiger partial charge on any atom is -0.383 e. The highest BCUT2D eigenvalue weighted by atomic mass is 16.5. The van der Waals surface area contributed by atoms with Crippen LogP contribution in [0.1, 0.15) is 27.2 Å². The number of amides is 1. The monoisotopic (exact) mass is 216 g/mol. The Kier molecular flexibility index (Phi) is 7.34. The fraction of sp³-hybridized carbons (Fsp3) is 0.909. The number of nitrogens with two attached hydrogens (primary N) is 1. The zero-order valence-corrected chi connectivity index (χ0v) is 10.3. The first-order valence-corrected chi connectivity index (χ1v) is 5.61. The van der Waals surface area contributed by atoms with Gasteiger partial charge in [-0.05, 0) is 20.3 Å². The first kappa shape index (κ1) is 14.4. The lowest BCUT2D eigenvalue weighted by Gasteiger charge is -2.30. The van der Waals surface area contributed by atoms with Crippen LogP contribution in [0.5, 0.6) is 0 Å². The van der Waals surface area contributed by atoms with Gasteiger partial charge in [-0.2, -0.15) is 0 Å². The van der Waals surface area contributed by atoms with Crippen molar-refractivity contribution < 1.29 is 9.53 Å². The molecular weight excluding hydrogens is 192 g/mol. The van der Waals surface area contributed by atoms with Gasteiger partial charge in [-0.1, -0.05) is 6.92 Å². The lowest BCUT2D eigenvalue weighted by molar-refractivity contribution is -0.138. The summed E-state index contributed by atoms with van der Waals surface area (Å²) in [5.41, 5.74) is 5.57.